The molecule has 0 radical (unpaired) electrons. The van der Waals surface area contributed by atoms with Gasteiger partial charge in [-0.25, -0.2) is 4.98 Å². The van der Waals surface area contributed by atoms with E-state index in [0.717, 1.165) is 11.1 Å². The molecule has 0 spiro atoms. The van der Waals surface area contributed by atoms with E-state index < -0.39 is 0 Å². The van der Waals surface area contributed by atoms with Crippen LogP contribution in [0.15, 0.2) is 0 Å². The Morgan fingerprint density at radius 2 is 1.93 bits per heavy atom. The lowest BCUT2D eigenvalue weighted by molar-refractivity contribution is 0.109. The predicted octanol–water partition coefficient (Wildman–Crippen LogP) is 0.858. The first-order valence-corrected chi connectivity index (χ1v) is 4.67. The molecule has 1 heterocycles. The van der Waals surface area contributed by atoms with Gasteiger partial charge in [0.1, 0.15) is 5.69 Å². The van der Waals surface area contributed by atoms with Crippen molar-refractivity contribution in [2.24, 2.45) is 0 Å². The topological polar surface area (TPSA) is 67.3 Å². The molecule has 15 heavy (non-hydrogen) atoms. The number of hydrogen-bond donors (Lipinski definition) is 1. The van der Waals surface area contributed by atoms with Gasteiger partial charge in [-0.1, -0.05) is 0 Å². The number of carbonyl (C=O) groups excluding carboxylic acids is 2. The van der Waals surface area contributed by atoms with Crippen LogP contribution in [0.2, 0.25) is 0 Å². The molecule has 80 valence electrons. The van der Waals surface area contributed by atoms with Crippen LogP contribution in [0.5, 0.6) is 0 Å². The van der Waals surface area contributed by atoms with Crippen molar-refractivity contribution in [1.29, 1.82) is 0 Å². The van der Waals surface area contributed by atoms with Crippen LogP contribution in [0.25, 0.3) is 0 Å². The van der Waals surface area contributed by atoms with Gasteiger partial charge in [-0.3, -0.25) is 9.59 Å². The van der Waals surface area contributed by atoms with E-state index in [1.54, 1.807) is 13.8 Å². The van der Waals surface area contributed by atoms with Crippen molar-refractivity contribution >= 4 is 12.6 Å². The Labute approximate surface area is 88.0 Å². The molecular weight excluding hydrogens is 194 g/mol. The monoisotopic (exact) mass is 207 g/mol. The van der Waals surface area contributed by atoms with Crippen molar-refractivity contribution in [3.8, 4) is 0 Å². The third kappa shape index (κ3) is 2.10. The molecule has 0 unspecified atom stereocenters. The number of pyridine rings is 1. The number of aromatic nitrogens is 1. The van der Waals surface area contributed by atoms with Gasteiger partial charge in [-0.15, -0.1) is 0 Å². The first kappa shape index (κ1) is 11.5. The minimum Gasteiger partial charge on any atom is -0.396 e. The summed E-state index contributed by atoms with van der Waals surface area (Å²) in [5, 5.41) is 8.87. The number of rotatable bonds is 4. The summed E-state index contributed by atoms with van der Waals surface area (Å²) < 4.78 is 0. The molecule has 0 atom stereocenters. The lowest BCUT2D eigenvalue weighted by Gasteiger charge is -2.11. The number of hydrogen-bond acceptors (Lipinski definition) is 4. The SMILES string of the molecule is Cc1nc(C=O)c(C=O)c(C)c1CCO. The fourth-order valence-corrected chi connectivity index (χ4v) is 1.65. The van der Waals surface area contributed by atoms with Gasteiger partial charge >= 0.3 is 0 Å². The lowest BCUT2D eigenvalue weighted by Crippen LogP contribution is -2.08. The molecule has 0 aliphatic rings. The largest absolute Gasteiger partial charge is 0.396 e. The first-order chi connectivity index (χ1) is 7.15. The molecular formula is C11H13NO3. The number of nitrogens with zero attached hydrogens (tertiary/aromatic N) is 1. The fourth-order valence-electron chi connectivity index (χ4n) is 1.65. The van der Waals surface area contributed by atoms with Crippen LogP contribution < -0.4 is 0 Å². The number of aryl methyl sites for hydroxylation is 1. The Morgan fingerprint density at radius 1 is 1.27 bits per heavy atom. The van der Waals surface area contributed by atoms with Gasteiger partial charge in [0.2, 0.25) is 0 Å². The van der Waals surface area contributed by atoms with Crippen LogP contribution >= 0.6 is 0 Å². The summed E-state index contributed by atoms with van der Waals surface area (Å²) in [6, 6.07) is 0. The maximum absolute atomic E-state index is 10.8. The van der Waals surface area contributed by atoms with E-state index in [2.05, 4.69) is 4.98 Å². The zero-order valence-corrected chi connectivity index (χ0v) is 8.78. The van der Waals surface area contributed by atoms with Crippen molar-refractivity contribution in [3.05, 3.63) is 28.1 Å². The molecule has 1 rings (SSSR count). The van der Waals surface area contributed by atoms with Crippen LogP contribution in [0.3, 0.4) is 0 Å². The smallest absolute Gasteiger partial charge is 0.169 e. The Balaban J connectivity index is 3.43. The minimum atomic E-state index is 0.00208. The summed E-state index contributed by atoms with van der Waals surface area (Å²) in [7, 11) is 0. The second kappa shape index (κ2) is 4.79. The number of carbonyl (C=O) groups is 2. The highest BCUT2D eigenvalue weighted by Gasteiger charge is 2.13. The van der Waals surface area contributed by atoms with Gasteiger partial charge in [0.05, 0.1) is 0 Å². The molecule has 0 saturated carbocycles. The summed E-state index contributed by atoms with van der Waals surface area (Å²) in [5.74, 6) is 0. The second-order valence-electron chi connectivity index (χ2n) is 3.31. The molecule has 1 N–H and O–H groups in total. The van der Waals surface area contributed by atoms with E-state index in [0.29, 0.717) is 30.3 Å². The van der Waals surface area contributed by atoms with Crippen LogP contribution in [0.4, 0.5) is 0 Å². The van der Waals surface area contributed by atoms with Gasteiger partial charge in [0, 0.05) is 17.9 Å². The molecule has 0 amide bonds. The molecule has 4 nitrogen and oxygen atoms in total. The van der Waals surface area contributed by atoms with E-state index in [1.165, 1.54) is 0 Å². The van der Waals surface area contributed by atoms with Gasteiger partial charge in [-0.2, -0.15) is 0 Å². The second-order valence-corrected chi connectivity index (χ2v) is 3.31. The first-order valence-electron chi connectivity index (χ1n) is 4.67. The molecule has 0 saturated heterocycles. The van der Waals surface area contributed by atoms with Crippen LogP contribution in [-0.2, 0) is 6.42 Å². The summed E-state index contributed by atoms with van der Waals surface area (Å²) >= 11 is 0. The molecule has 1 aromatic heterocycles. The molecule has 0 bridgehead atoms. The maximum atomic E-state index is 10.8. The van der Waals surface area contributed by atoms with Crippen molar-refractivity contribution in [3.63, 3.8) is 0 Å². The van der Waals surface area contributed by atoms with Crippen molar-refractivity contribution in [2.45, 2.75) is 20.3 Å². The third-order valence-electron chi connectivity index (χ3n) is 2.45. The molecule has 0 aromatic carbocycles. The normalized spacial score (nSPS) is 10.1. The van der Waals surface area contributed by atoms with Gasteiger partial charge in [0.15, 0.2) is 12.6 Å². The zero-order valence-electron chi connectivity index (χ0n) is 8.78. The van der Waals surface area contributed by atoms with E-state index in [4.69, 9.17) is 5.11 Å². The highest BCUT2D eigenvalue weighted by atomic mass is 16.3. The molecule has 4 heteroatoms. The molecule has 0 fully saturated rings. The number of aliphatic hydroxyl groups excluding tert-OH is 1. The molecule has 0 aliphatic heterocycles. The Kier molecular flexibility index (Phi) is 3.68. The zero-order chi connectivity index (χ0) is 11.4. The van der Waals surface area contributed by atoms with Gasteiger partial charge < -0.3 is 5.11 Å². The van der Waals surface area contributed by atoms with Crippen molar-refractivity contribution in [2.75, 3.05) is 6.61 Å². The fraction of sp³-hybridized carbons (Fsp3) is 0.364. The summed E-state index contributed by atoms with van der Waals surface area (Å²) in [6.45, 7) is 3.53. The number of aldehydes is 2. The van der Waals surface area contributed by atoms with Crippen LogP contribution in [-0.4, -0.2) is 29.3 Å². The van der Waals surface area contributed by atoms with Crippen molar-refractivity contribution < 1.29 is 14.7 Å². The summed E-state index contributed by atoms with van der Waals surface area (Å²) in [6.07, 6.45) is 1.66. The Morgan fingerprint density at radius 3 is 2.40 bits per heavy atom. The van der Waals surface area contributed by atoms with Crippen LogP contribution in [0.1, 0.15) is 37.7 Å². The Hall–Kier alpha value is -1.55. The highest BCUT2D eigenvalue weighted by molar-refractivity contribution is 5.90. The Bertz CT molecular complexity index is 399. The summed E-state index contributed by atoms with van der Waals surface area (Å²) in [5.41, 5.74) is 2.74. The lowest BCUT2D eigenvalue weighted by atomic mass is 9.99. The quantitative estimate of drug-likeness (QED) is 0.743. The predicted molar refractivity (Wildman–Crippen MR) is 55.3 cm³/mol. The van der Waals surface area contributed by atoms with E-state index in [-0.39, 0.29) is 12.3 Å². The average Bonchev–Trinajstić information content (AvgIpc) is 2.23. The molecule has 1 aromatic rings. The van der Waals surface area contributed by atoms with E-state index >= 15 is 0 Å². The highest BCUT2D eigenvalue weighted by Crippen LogP contribution is 2.18. The van der Waals surface area contributed by atoms with E-state index in [1.807, 2.05) is 0 Å². The van der Waals surface area contributed by atoms with Crippen LogP contribution in [0, 0.1) is 13.8 Å². The summed E-state index contributed by atoms with van der Waals surface area (Å²) in [4.78, 5) is 25.5. The minimum absolute atomic E-state index is 0.00208. The maximum Gasteiger partial charge on any atom is 0.169 e. The number of aliphatic hydroxyl groups is 1. The van der Waals surface area contributed by atoms with Crippen molar-refractivity contribution in [1.82, 2.24) is 4.98 Å². The standard InChI is InChI=1S/C11H13NO3/c1-7-9(3-4-13)8(2)12-11(6-15)10(7)5-14/h5-6,13H,3-4H2,1-2H3. The average molecular weight is 207 g/mol. The molecule has 0 aliphatic carbocycles. The van der Waals surface area contributed by atoms with Gasteiger partial charge in [-0.05, 0) is 31.4 Å². The van der Waals surface area contributed by atoms with E-state index in [9.17, 15) is 9.59 Å². The van der Waals surface area contributed by atoms with Gasteiger partial charge in [0.25, 0.3) is 0 Å². The third-order valence-corrected chi connectivity index (χ3v) is 2.45.